The molecule has 0 amide bonds. The summed E-state index contributed by atoms with van der Waals surface area (Å²) in [6, 6.07) is 1.75. The van der Waals surface area contributed by atoms with Crippen LogP contribution in [0.3, 0.4) is 0 Å². The lowest BCUT2D eigenvalue weighted by molar-refractivity contribution is 0.252. The Morgan fingerprint density at radius 3 is 2.78 bits per heavy atom. The smallest absolute Gasteiger partial charge is 0.135 e. The normalized spacial score (nSPS) is 18.4. The number of nitrogens with one attached hydrogen (secondary N) is 1. The molecule has 4 nitrogen and oxygen atoms in total. The minimum Gasteiger partial charge on any atom is -0.396 e. The Morgan fingerprint density at radius 1 is 1.50 bits per heavy atom. The fourth-order valence-electron chi connectivity index (χ4n) is 1.91. The Balaban J connectivity index is 2.16. The SMILES string of the molecule is CCC(C)(CCO)Nc1cc(Cl)nc(C2CC2)n1. The third kappa shape index (κ3) is 3.33. The third-order valence-corrected chi connectivity index (χ3v) is 3.72. The van der Waals surface area contributed by atoms with Crippen LogP contribution in [0.4, 0.5) is 5.82 Å². The van der Waals surface area contributed by atoms with Crippen LogP contribution in [0.1, 0.15) is 51.3 Å². The lowest BCUT2D eigenvalue weighted by Crippen LogP contribution is -2.35. The van der Waals surface area contributed by atoms with E-state index in [0.717, 1.165) is 30.9 Å². The van der Waals surface area contributed by atoms with Gasteiger partial charge >= 0.3 is 0 Å². The van der Waals surface area contributed by atoms with Crippen molar-refractivity contribution in [2.24, 2.45) is 0 Å². The van der Waals surface area contributed by atoms with E-state index in [1.165, 1.54) is 0 Å². The molecule has 5 heteroatoms. The molecule has 0 radical (unpaired) electrons. The van der Waals surface area contributed by atoms with E-state index in [1.807, 2.05) is 0 Å². The quantitative estimate of drug-likeness (QED) is 0.780. The van der Waals surface area contributed by atoms with Crippen LogP contribution in [0.2, 0.25) is 5.15 Å². The van der Waals surface area contributed by atoms with E-state index in [9.17, 15) is 0 Å². The topological polar surface area (TPSA) is 58.0 Å². The number of rotatable bonds is 6. The predicted octanol–water partition coefficient (Wildman–Crippen LogP) is 2.97. The molecule has 18 heavy (non-hydrogen) atoms. The van der Waals surface area contributed by atoms with Crippen LogP contribution in [-0.4, -0.2) is 27.2 Å². The highest BCUT2D eigenvalue weighted by Crippen LogP contribution is 2.39. The van der Waals surface area contributed by atoms with Crippen molar-refractivity contribution in [2.45, 2.75) is 51.0 Å². The largest absolute Gasteiger partial charge is 0.396 e. The molecule has 0 aromatic carbocycles. The number of halogens is 1. The van der Waals surface area contributed by atoms with Gasteiger partial charge in [0, 0.05) is 24.1 Å². The van der Waals surface area contributed by atoms with E-state index >= 15 is 0 Å². The second kappa shape index (κ2) is 5.41. The standard InChI is InChI=1S/C13H20ClN3O/c1-3-13(2,6-7-18)17-11-8-10(14)15-12(16-11)9-4-5-9/h8-9,18H,3-7H2,1-2H3,(H,15,16,17). The van der Waals surface area contributed by atoms with E-state index in [1.54, 1.807) is 6.07 Å². The third-order valence-electron chi connectivity index (χ3n) is 3.53. The molecular formula is C13H20ClN3O. The van der Waals surface area contributed by atoms with Crippen LogP contribution in [-0.2, 0) is 0 Å². The van der Waals surface area contributed by atoms with Crippen molar-refractivity contribution in [1.29, 1.82) is 0 Å². The first-order valence-corrected chi connectivity index (χ1v) is 6.87. The van der Waals surface area contributed by atoms with Gasteiger partial charge in [0.25, 0.3) is 0 Å². The van der Waals surface area contributed by atoms with Crippen molar-refractivity contribution in [3.8, 4) is 0 Å². The van der Waals surface area contributed by atoms with Gasteiger partial charge in [-0.3, -0.25) is 0 Å². The van der Waals surface area contributed by atoms with Crippen molar-refractivity contribution in [3.05, 3.63) is 17.0 Å². The van der Waals surface area contributed by atoms with Crippen molar-refractivity contribution in [2.75, 3.05) is 11.9 Å². The zero-order valence-corrected chi connectivity index (χ0v) is 11.7. The maximum absolute atomic E-state index is 9.12. The van der Waals surface area contributed by atoms with Crippen LogP contribution < -0.4 is 5.32 Å². The summed E-state index contributed by atoms with van der Waals surface area (Å²) in [6.07, 6.45) is 3.90. The molecule has 0 spiro atoms. The molecule has 1 aromatic heterocycles. The van der Waals surface area contributed by atoms with Gasteiger partial charge in [-0.05, 0) is 32.6 Å². The summed E-state index contributed by atoms with van der Waals surface area (Å²) < 4.78 is 0. The maximum atomic E-state index is 9.12. The van der Waals surface area contributed by atoms with Crippen LogP contribution in [0.25, 0.3) is 0 Å². The highest BCUT2D eigenvalue weighted by Gasteiger charge is 2.28. The summed E-state index contributed by atoms with van der Waals surface area (Å²) in [4.78, 5) is 8.79. The first-order chi connectivity index (χ1) is 8.56. The Hall–Kier alpha value is -0.870. The zero-order valence-electron chi connectivity index (χ0n) is 10.9. The number of nitrogens with zero attached hydrogens (tertiary/aromatic N) is 2. The van der Waals surface area contributed by atoms with Crippen molar-refractivity contribution >= 4 is 17.4 Å². The molecule has 2 rings (SSSR count). The summed E-state index contributed by atoms with van der Waals surface area (Å²) >= 11 is 6.03. The Labute approximate surface area is 113 Å². The molecule has 0 bridgehead atoms. The number of aromatic nitrogens is 2. The molecule has 2 N–H and O–H groups in total. The van der Waals surface area contributed by atoms with E-state index in [0.29, 0.717) is 17.5 Å². The van der Waals surface area contributed by atoms with Crippen molar-refractivity contribution in [3.63, 3.8) is 0 Å². The van der Waals surface area contributed by atoms with Crippen molar-refractivity contribution < 1.29 is 5.11 Å². The van der Waals surface area contributed by atoms with Gasteiger partial charge in [-0.2, -0.15) is 0 Å². The van der Waals surface area contributed by atoms with E-state index in [2.05, 4.69) is 29.1 Å². The number of aliphatic hydroxyl groups excluding tert-OH is 1. The zero-order chi connectivity index (χ0) is 13.2. The van der Waals surface area contributed by atoms with Gasteiger partial charge in [0.2, 0.25) is 0 Å². The molecule has 1 atom stereocenters. The second-order valence-corrected chi connectivity index (χ2v) is 5.61. The molecular weight excluding hydrogens is 250 g/mol. The molecule has 1 heterocycles. The molecule has 0 aliphatic heterocycles. The Kier molecular flexibility index (Phi) is 4.07. The first kappa shape index (κ1) is 13.6. The summed E-state index contributed by atoms with van der Waals surface area (Å²) in [5.41, 5.74) is -0.159. The van der Waals surface area contributed by atoms with Gasteiger partial charge in [-0.1, -0.05) is 18.5 Å². The van der Waals surface area contributed by atoms with Gasteiger partial charge < -0.3 is 10.4 Å². The fourth-order valence-corrected chi connectivity index (χ4v) is 2.10. The molecule has 0 saturated heterocycles. The lowest BCUT2D eigenvalue weighted by atomic mass is 9.95. The van der Waals surface area contributed by atoms with Gasteiger partial charge in [-0.15, -0.1) is 0 Å². The van der Waals surface area contributed by atoms with Crippen molar-refractivity contribution in [1.82, 2.24) is 9.97 Å². The summed E-state index contributed by atoms with van der Waals surface area (Å²) in [5, 5.41) is 13.0. The van der Waals surface area contributed by atoms with Crippen LogP contribution in [0.15, 0.2) is 6.07 Å². The van der Waals surface area contributed by atoms with Gasteiger partial charge in [0.1, 0.15) is 16.8 Å². The first-order valence-electron chi connectivity index (χ1n) is 6.50. The lowest BCUT2D eigenvalue weighted by Gasteiger charge is -2.29. The van der Waals surface area contributed by atoms with E-state index < -0.39 is 0 Å². The summed E-state index contributed by atoms with van der Waals surface area (Å²) in [6.45, 7) is 4.33. The average Bonchev–Trinajstić information content (AvgIpc) is 3.12. The minimum absolute atomic E-state index is 0.158. The molecule has 1 unspecified atom stereocenters. The molecule has 1 aliphatic carbocycles. The number of anilines is 1. The van der Waals surface area contributed by atoms with Gasteiger partial charge in [0.15, 0.2) is 0 Å². The molecule has 1 aromatic rings. The van der Waals surface area contributed by atoms with Crippen LogP contribution in [0, 0.1) is 0 Å². The minimum atomic E-state index is -0.159. The summed E-state index contributed by atoms with van der Waals surface area (Å²) in [7, 11) is 0. The number of aliphatic hydroxyl groups is 1. The summed E-state index contributed by atoms with van der Waals surface area (Å²) in [5.74, 6) is 2.08. The van der Waals surface area contributed by atoms with Crippen LogP contribution >= 0.6 is 11.6 Å². The fraction of sp³-hybridized carbons (Fsp3) is 0.692. The Morgan fingerprint density at radius 2 is 2.22 bits per heavy atom. The highest BCUT2D eigenvalue weighted by molar-refractivity contribution is 6.29. The Bertz CT molecular complexity index is 423. The maximum Gasteiger partial charge on any atom is 0.135 e. The monoisotopic (exact) mass is 269 g/mol. The highest BCUT2D eigenvalue weighted by atomic mass is 35.5. The van der Waals surface area contributed by atoms with E-state index in [-0.39, 0.29) is 12.1 Å². The average molecular weight is 270 g/mol. The second-order valence-electron chi connectivity index (χ2n) is 5.22. The van der Waals surface area contributed by atoms with E-state index in [4.69, 9.17) is 16.7 Å². The molecule has 1 fully saturated rings. The van der Waals surface area contributed by atoms with Gasteiger partial charge in [0.05, 0.1) is 0 Å². The molecule has 1 aliphatic rings. The number of hydrogen-bond acceptors (Lipinski definition) is 4. The predicted molar refractivity (Wildman–Crippen MR) is 73.0 cm³/mol. The molecule has 1 saturated carbocycles. The van der Waals surface area contributed by atoms with Gasteiger partial charge in [-0.25, -0.2) is 9.97 Å². The van der Waals surface area contributed by atoms with Crippen LogP contribution in [0.5, 0.6) is 0 Å². The molecule has 100 valence electrons. The number of hydrogen-bond donors (Lipinski definition) is 2.